The Balaban J connectivity index is 2.01. The number of pyridine rings is 1. The molecule has 1 aliphatic rings. The molecular weight excluding hydrogens is 320 g/mol. The molecule has 20 heavy (non-hydrogen) atoms. The highest BCUT2D eigenvalue weighted by molar-refractivity contribution is 9.10. The molecule has 1 atom stereocenters. The molecule has 110 valence electrons. The van der Waals surface area contributed by atoms with Gasteiger partial charge in [-0.25, -0.2) is 0 Å². The number of hydrogen-bond donors (Lipinski definition) is 1. The lowest BCUT2D eigenvalue weighted by molar-refractivity contribution is -0.0917. The molecule has 1 saturated heterocycles. The third kappa shape index (κ3) is 3.58. The molecule has 1 aliphatic heterocycles. The summed E-state index contributed by atoms with van der Waals surface area (Å²) in [6.45, 7) is 5.00. The highest BCUT2D eigenvalue weighted by Crippen LogP contribution is 2.31. The first-order valence-electron chi connectivity index (χ1n) is 7.14. The van der Waals surface area contributed by atoms with Crippen molar-refractivity contribution in [2.45, 2.75) is 51.2 Å². The van der Waals surface area contributed by atoms with Crippen molar-refractivity contribution >= 4 is 21.8 Å². The fourth-order valence-electron chi connectivity index (χ4n) is 2.70. The molecule has 0 saturated carbocycles. The van der Waals surface area contributed by atoms with Gasteiger partial charge in [-0.1, -0.05) is 13.8 Å². The van der Waals surface area contributed by atoms with E-state index in [2.05, 4.69) is 40.1 Å². The van der Waals surface area contributed by atoms with Gasteiger partial charge < -0.3 is 10.1 Å². The Bertz CT molecular complexity index is 475. The highest BCUT2D eigenvalue weighted by Gasteiger charge is 2.35. The zero-order chi connectivity index (χ0) is 14.6. The van der Waals surface area contributed by atoms with E-state index in [1.54, 1.807) is 18.5 Å². The Morgan fingerprint density at radius 1 is 1.50 bits per heavy atom. The maximum absolute atomic E-state index is 12.2. The SMILES string of the molecule is CCC1(CC)CC(NC(=O)c2cncc(Br)c2)CCO1. The standard InChI is InChI=1S/C15H21BrN2O2/c1-3-15(4-2)8-13(5-6-20-15)18-14(19)11-7-12(16)10-17-9-11/h7,9-10,13H,3-6,8H2,1-2H3,(H,18,19). The van der Waals surface area contributed by atoms with Gasteiger partial charge in [0.25, 0.3) is 5.91 Å². The number of carbonyl (C=O) groups is 1. The van der Waals surface area contributed by atoms with E-state index in [0.717, 1.165) is 30.2 Å². The minimum Gasteiger partial charge on any atom is -0.375 e. The van der Waals surface area contributed by atoms with Crippen molar-refractivity contribution < 1.29 is 9.53 Å². The van der Waals surface area contributed by atoms with Gasteiger partial charge >= 0.3 is 0 Å². The Hall–Kier alpha value is -0.940. The van der Waals surface area contributed by atoms with E-state index in [1.807, 2.05) is 0 Å². The van der Waals surface area contributed by atoms with Crippen LogP contribution in [0.2, 0.25) is 0 Å². The molecule has 1 N–H and O–H groups in total. The lowest BCUT2D eigenvalue weighted by Crippen LogP contribution is -2.48. The minimum atomic E-state index is -0.0777. The average Bonchev–Trinajstić information content (AvgIpc) is 2.47. The zero-order valence-electron chi connectivity index (χ0n) is 12.0. The van der Waals surface area contributed by atoms with Crippen molar-refractivity contribution in [1.29, 1.82) is 0 Å². The average molecular weight is 341 g/mol. The molecule has 0 aliphatic carbocycles. The van der Waals surface area contributed by atoms with Crippen LogP contribution in [-0.2, 0) is 4.74 Å². The summed E-state index contributed by atoms with van der Waals surface area (Å²) >= 11 is 3.33. The van der Waals surface area contributed by atoms with Gasteiger partial charge in [0, 0.05) is 29.5 Å². The van der Waals surface area contributed by atoms with E-state index in [4.69, 9.17) is 4.74 Å². The second-order valence-corrected chi connectivity index (χ2v) is 6.21. The fourth-order valence-corrected chi connectivity index (χ4v) is 3.06. The third-order valence-corrected chi connectivity index (χ3v) is 4.52. The molecule has 2 rings (SSSR count). The van der Waals surface area contributed by atoms with Crippen LogP contribution in [0, 0.1) is 0 Å². The summed E-state index contributed by atoms with van der Waals surface area (Å²) in [6.07, 6.45) is 6.97. The zero-order valence-corrected chi connectivity index (χ0v) is 13.6. The van der Waals surface area contributed by atoms with Crippen molar-refractivity contribution in [2.24, 2.45) is 0 Å². The summed E-state index contributed by atoms with van der Waals surface area (Å²) in [5, 5.41) is 3.11. The first-order valence-corrected chi connectivity index (χ1v) is 7.93. The largest absolute Gasteiger partial charge is 0.375 e. The van der Waals surface area contributed by atoms with Gasteiger partial charge in [-0.05, 0) is 47.7 Å². The van der Waals surface area contributed by atoms with Gasteiger partial charge in [-0.15, -0.1) is 0 Å². The molecular formula is C15H21BrN2O2. The number of amides is 1. The molecule has 1 aromatic heterocycles. The number of nitrogens with zero attached hydrogens (tertiary/aromatic N) is 1. The highest BCUT2D eigenvalue weighted by atomic mass is 79.9. The predicted octanol–water partition coefficient (Wildman–Crippen LogP) is 3.31. The lowest BCUT2D eigenvalue weighted by Gasteiger charge is -2.40. The van der Waals surface area contributed by atoms with Crippen LogP contribution in [0.25, 0.3) is 0 Å². The molecule has 1 amide bonds. The quantitative estimate of drug-likeness (QED) is 0.914. The maximum atomic E-state index is 12.2. The summed E-state index contributed by atoms with van der Waals surface area (Å²) in [6, 6.07) is 1.96. The number of hydrogen-bond acceptors (Lipinski definition) is 3. The topological polar surface area (TPSA) is 51.2 Å². The van der Waals surface area contributed by atoms with E-state index < -0.39 is 0 Å². The van der Waals surface area contributed by atoms with E-state index >= 15 is 0 Å². The molecule has 0 bridgehead atoms. The number of carbonyl (C=O) groups excluding carboxylic acids is 1. The summed E-state index contributed by atoms with van der Waals surface area (Å²) in [4.78, 5) is 16.3. The molecule has 0 spiro atoms. The van der Waals surface area contributed by atoms with Gasteiger partial charge in [-0.2, -0.15) is 0 Å². The van der Waals surface area contributed by atoms with Crippen LogP contribution in [-0.4, -0.2) is 29.1 Å². The number of halogens is 1. The second kappa shape index (κ2) is 6.68. The second-order valence-electron chi connectivity index (χ2n) is 5.29. The molecule has 1 fully saturated rings. The first-order chi connectivity index (χ1) is 9.58. The summed E-state index contributed by atoms with van der Waals surface area (Å²) in [5.41, 5.74) is 0.510. The van der Waals surface area contributed by atoms with Crippen LogP contribution >= 0.6 is 15.9 Å². The van der Waals surface area contributed by atoms with E-state index in [9.17, 15) is 4.79 Å². The van der Waals surface area contributed by atoms with E-state index in [-0.39, 0.29) is 17.6 Å². The van der Waals surface area contributed by atoms with Gasteiger partial charge in [0.2, 0.25) is 0 Å². The molecule has 2 heterocycles. The van der Waals surface area contributed by atoms with Gasteiger partial charge in [0.15, 0.2) is 0 Å². The van der Waals surface area contributed by atoms with Crippen LogP contribution in [0.3, 0.4) is 0 Å². The van der Waals surface area contributed by atoms with Crippen molar-refractivity contribution in [3.8, 4) is 0 Å². The van der Waals surface area contributed by atoms with Gasteiger partial charge in [-0.3, -0.25) is 9.78 Å². The molecule has 1 unspecified atom stereocenters. The predicted molar refractivity (Wildman–Crippen MR) is 81.7 cm³/mol. The van der Waals surface area contributed by atoms with Crippen molar-refractivity contribution in [3.63, 3.8) is 0 Å². The number of aromatic nitrogens is 1. The van der Waals surface area contributed by atoms with Crippen molar-refractivity contribution in [1.82, 2.24) is 10.3 Å². The Kier molecular flexibility index (Phi) is 5.16. The third-order valence-electron chi connectivity index (χ3n) is 4.08. The van der Waals surface area contributed by atoms with E-state index in [1.165, 1.54) is 0 Å². The summed E-state index contributed by atoms with van der Waals surface area (Å²) in [5.74, 6) is -0.0631. The van der Waals surface area contributed by atoms with Crippen molar-refractivity contribution in [3.05, 3.63) is 28.5 Å². The van der Waals surface area contributed by atoms with Crippen LogP contribution in [0.5, 0.6) is 0 Å². The normalized spacial score (nSPS) is 21.4. The number of rotatable bonds is 4. The number of ether oxygens (including phenoxy) is 1. The Morgan fingerprint density at radius 3 is 2.90 bits per heavy atom. The van der Waals surface area contributed by atoms with Crippen LogP contribution in [0.4, 0.5) is 0 Å². The van der Waals surface area contributed by atoms with Crippen molar-refractivity contribution in [2.75, 3.05) is 6.61 Å². The van der Waals surface area contributed by atoms with Crippen LogP contribution in [0.15, 0.2) is 22.9 Å². The first kappa shape index (κ1) is 15.4. The molecule has 1 aromatic rings. The van der Waals surface area contributed by atoms with Gasteiger partial charge in [0.1, 0.15) is 0 Å². The lowest BCUT2D eigenvalue weighted by atomic mass is 9.86. The molecule has 5 heteroatoms. The van der Waals surface area contributed by atoms with Gasteiger partial charge in [0.05, 0.1) is 11.2 Å². The minimum absolute atomic E-state index is 0.0631. The van der Waals surface area contributed by atoms with E-state index in [0.29, 0.717) is 12.2 Å². The number of nitrogens with one attached hydrogen (secondary N) is 1. The monoisotopic (exact) mass is 340 g/mol. The summed E-state index contributed by atoms with van der Waals surface area (Å²) < 4.78 is 6.74. The molecule has 4 nitrogen and oxygen atoms in total. The Labute approximate surface area is 128 Å². The summed E-state index contributed by atoms with van der Waals surface area (Å²) in [7, 11) is 0. The van der Waals surface area contributed by atoms with Crippen LogP contribution in [0.1, 0.15) is 49.9 Å². The smallest absolute Gasteiger partial charge is 0.253 e. The molecule has 0 radical (unpaired) electrons. The maximum Gasteiger partial charge on any atom is 0.253 e. The molecule has 0 aromatic carbocycles. The van der Waals surface area contributed by atoms with Crippen LogP contribution < -0.4 is 5.32 Å². The fraction of sp³-hybridized carbons (Fsp3) is 0.600. The Morgan fingerprint density at radius 2 is 2.25 bits per heavy atom.